The summed E-state index contributed by atoms with van der Waals surface area (Å²) in [4.78, 5) is 35.3. The van der Waals surface area contributed by atoms with Crippen LogP contribution in [0.3, 0.4) is 0 Å². The molecule has 3 aromatic carbocycles. The number of hydrogen-bond donors (Lipinski definition) is 0. The first-order chi connectivity index (χ1) is 16.8. The van der Waals surface area contributed by atoms with E-state index < -0.39 is 15.8 Å². The second kappa shape index (κ2) is 9.95. The summed E-state index contributed by atoms with van der Waals surface area (Å²) in [6, 6.07) is 18.4. The van der Waals surface area contributed by atoms with E-state index in [0.29, 0.717) is 21.2 Å². The van der Waals surface area contributed by atoms with Gasteiger partial charge in [0.1, 0.15) is 0 Å². The van der Waals surface area contributed by atoms with Gasteiger partial charge in [-0.25, -0.2) is 4.79 Å². The highest BCUT2D eigenvalue weighted by Gasteiger charge is 2.26. The fourth-order valence-corrected chi connectivity index (χ4v) is 4.39. The Morgan fingerprint density at radius 1 is 1.00 bits per heavy atom. The molecule has 0 unspecified atom stereocenters. The van der Waals surface area contributed by atoms with Crippen molar-refractivity contribution in [2.75, 3.05) is 0 Å². The van der Waals surface area contributed by atoms with Gasteiger partial charge >= 0.3 is 5.97 Å². The lowest BCUT2D eigenvalue weighted by molar-refractivity contribution is -0.387. The summed E-state index contributed by atoms with van der Waals surface area (Å²) in [6.45, 7) is 1.67. The average Bonchev–Trinajstić information content (AvgIpc) is 3.14. The molecule has 0 saturated heterocycles. The Bertz CT molecular complexity index is 1460. The summed E-state index contributed by atoms with van der Waals surface area (Å²) in [5.41, 5.74) is 0.357. The number of carbonyl (C=O) groups is 1. The molecule has 0 spiro atoms. The lowest BCUT2D eigenvalue weighted by atomic mass is 10.2. The van der Waals surface area contributed by atoms with E-state index in [2.05, 4.69) is 5.10 Å². The molecule has 0 aliphatic rings. The summed E-state index contributed by atoms with van der Waals surface area (Å²) in [7, 11) is 0. The number of aryl methyl sites for hydroxylation is 1. The van der Waals surface area contributed by atoms with E-state index in [4.69, 9.17) is 16.3 Å². The maximum atomic E-state index is 13.1. The van der Waals surface area contributed by atoms with Gasteiger partial charge in [0.2, 0.25) is 5.88 Å². The summed E-state index contributed by atoms with van der Waals surface area (Å²) in [6.07, 6.45) is 0. The molecule has 4 rings (SSSR count). The summed E-state index contributed by atoms with van der Waals surface area (Å²) < 4.78 is 7.07. The zero-order valence-corrected chi connectivity index (χ0v) is 19.5. The Kier molecular flexibility index (Phi) is 6.80. The molecule has 0 fully saturated rings. The van der Waals surface area contributed by atoms with Crippen LogP contribution in [-0.2, 0) is 0 Å². The van der Waals surface area contributed by atoms with Crippen molar-refractivity contribution in [2.45, 2.75) is 16.7 Å². The van der Waals surface area contributed by atoms with Crippen molar-refractivity contribution in [2.24, 2.45) is 0 Å². The molecule has 0 N–H and O–H groups in total. The normalized spacial score (nSPS) is 10.7. The number of ether oxygens (including phenoxy) is 1. The Labute approximate surface area is 207 Å². The number of halogens is 1. The van der Waals surface area contributed by atoms with E-state index >= 15 is 0 Å². The van der Waals surface area contributed by atoms with Crippen LogP contribution in [0.4, 0.5) is 11.4 Å². The topological polar surface area (TPSA) is 130 Å². The van der Waals surface area contributed by atoms with Gasteiger partial charge in [0.25, 0.3) is 11.4 Å². The van der Waals surface area contributed by atoms with E-state index in [-0.39, 0.29) is 27.8 Å². The number of rotatable bonds is 7. The number of carbonyl (C=O) groups excluding carboxylic acids is 1. The molecule has 0 atom stereocenters. The highest BCUT2D eigenvalue weighted by molar-refractivity contribution is 7.99. The number of benzene rings is 3. The first-order valence-corrected chi connectivity index (χ1v) is 11.2. The molecule has 10 nitrogen and oxygen atoms in total. The smallest absolute Gasteiger partial charge is 0.346 e. The van der Waals surface area contributed by atoms with E-state index in [1.54, 1.807) is 55.5 Å². The van der Waals surface area contributed by atoms with Crippen LogP contribution in [0.2, 0.25) is 5.02 Å². The lowest BCUT2D eigenvalue weighted by Gasteiger charge is -2.11. The third-order valence-corrected chi connectivity index (χ3v) is 6.38. The fourth-order valence-electron chi connectivity index (χ4n) is 3.17. The van der Waals surface area contributed by atoms with E-state index in [0.717, 1.165) is 17.8 Å². The molecule has 0 bridgehead atoms. The molecule has 0 amide bonds. The van der Waals surface area contributed by atoms with Gasteiger partial charge in [-0.3, -0.25) is 20.2 Å². The molecule has 0 aliphatic carbocycles. The minimum absolute atomic E-state index is 0.00979. The molecule has 0 radical (unpaired) electrons. The van der Waals surface area contributed by atoms with Gasteiger partial charge in [0.05, 0.1) is 41.6 Å². The van der Waals surface area contributed by atoms with Crippen LogP contribution in [0.15, 0.2) is 82.6 Å². The van der Waals surface area contributed by atoms with Crippen LogP contribution in [0.1, 0.15) is 16.1 Å². The molecule has 1 aromatic heterocycles. The average molecular weight is 511 g/mol. The zero-order valence-electron chi connectivity index (χ0n) is 18.0. The molecule has 1 heterocycles. The van der Waals surface area contributed by atoms with Crippen molar-refractivity contribution in [3.05, 3.63) is 109 Å². The molecule has 4 aromatic rings. The van der Waals surface area contributed by atoms with E-state index in [1.165, 1.54) is 22.9 Å². The quantitative estimate of drug-likeness (QED) is 0.167. The van der Waals surface area contributed by atoms with Gasteiger partial charge in [-0.2, -0.15) is 9.78 Å². The Balaban J connectivity index is 1.82. The van der Waals surface area contributed by atoms with Crippen LogP contribution >= 0.6 is 23.4 Å². The van der Waals surface area contributed by atoms with Crippen LogP contribution in [0.25, 0.3) is 5.69 Å². The van der Waals surface area contributed by atoms with Gasteiger partial charge in [-0.15, -0.1) is 0 Å². The van der Waals surface area contributed by atoms with Crippen molar-refractivity contribution < 1.29 is 19.4 Å². The molecule has 0 aliphatic heterocycles. The van der Waals surface area contributed by atoms with Gasteiger partial charge in [-0.1, -0.05) is 53.7 Å². The minimum atomic E-state index is -0.944. The summed E-state index contributed by atoms with van der Waals surface area (Å²) >= 11 is 7.14. The molecule has 176 valence electrons. The zero-order chi connectivity index (χ0) is 25.1. The second-order valence-corrected chi connectivity index (χ2v) is 8.56. The first-order valence-electron chi connectivity index (χ1n) is 9.98. The van der Waals surface area contributed by atoms with Crippen LogP contribution < -0.4 is 4.74 Å². The number of para-hydroxylation sites is 2. The monoisotopic (exact) mass is 510 g/mol. The third kappa shape index (κ3) is 5.00. The maximum Gasteiger partial charge on any atom is 0.346 e. The summed E-state index contributed by atoms with van der Waals surface area (Å²) in [5.74, 6) is -0.954. The number of hydrogen-bond acceptors (Lipinski definition) is 8. The molecule has 0 saturated carbocycles. The number of nitrogens with zero attached hydrogens (tertiary/aromatic N) is 4. The number of non-ortho nitro benzene ring substituents is 1. The standard InChI is InChI=1S/C23H15ClN4O6S/c1-14-21(35-20-10-6-5-9-19(20)28(32)33)22(26(25-14)15-7-3-2-4-8-15)34-23(29)17-13-16(27(30)31)11-12-18(17)24/h2-13H,1H3. The highest BCUT2D eigenvalue weighted by Crippen LogP contribution is 2.42. The van der Waals surface area contributed by atoms with Gasteiger partial charge in [-0.05, 0) is 31.2 Å². The van der Waals surface area contributed by atoms with Crippen LogP contribution in [0, 0.1) is 27.2 Å². The van der Waals surface area contributed by atoms with Gasteiger partial charge in [0.15, 0.2) is 0 Å². The van der Waals surface area contributed by atoms with Gasteiger partial charge in [0, 0.05) is 18.2 Å². The predicted molar refractivity (Wildman–Crippen MR) is 129 cm³/mol. The number of nitro benzene ring substituents is 2. The Morgan fingerprint density at radius 2 is 1.69 bits per heavy atom. The molecule has 12 heteroatoms. The maximum absolute atomic E-state index is 13.1. The second-order valence-electron chi connectivity index (χ2n) is 7.10. The van der Waals surface area contributed by atoms with E-state index in [1.807, 2.05) is 0 Å². The van der Waals surface area contributed by atoms with Crippen molar-refractivity contribution in [1.29, 1.82) is 0 Å². The third-order valence-electron chi connectivity index (χ3n) is 4.81. The molecular weight excluding hydrogens is 496 g/mol. The van der Waals surface area contributed by atoms with Crippen molar-refractivity contribution in [3.63, 3.8) is 0 Å². The predicted octanol–water partition coefficient (Wildman–Crippen LogP) is 6.02. The van der Waals surface area contributed by atoms with Crippen molar-refractivity contribution >= 4 is 40.7 Å². The SMILES string of the molecule is Cc1nn(-c2ccccc2)c(OC(=O)c2cc([N+](=O)[O-])ccc2Cl)c1Sc1ccccc1[N+](=O)[O-]. The van der Waals surface area contributed by atoms with Crippen LogP contribution in [-0.4, -0.2) is 25.6 Å². The molecule has 35 heavy (non-hydrogen) atoms. The number of aromatic nitrogens is 2. The molecular formula is C23H15ClN4O6S. The summed E-state index contributed by atoms with van der Waals surface area (Å²) in [5, 5.41) is 27.1. The number of nitro groups is 2. The largest absolute Gasteiger partial charge is 0.402 e. The van der Waals surface area contributed by atoms with E-state index in [9.17, 15) is 25.0 Å². The lowest BCUT2D eigenvalue weighted by Crippen LogP contribution is -2.13. The van der Waals surface area contributed by atoms with Crippen LogP contribution in [0.5, 0.6) is 5.88 Å². The van der Waals surface area contributed by atoms with Gasteiger partial charge < -0.3 is 4.74 Å². The Hall–Kier alpha value is -4.22. The minimum Gasteiger partial charge on any atom is -0.402 e. The highest BCUT2D eigenvalue weighted by atomic mass is 35.5. The fraction of sp³-hybridized carbons (Fsp3) is 0.0435. The first kappa shape index (κ1) is 23.9. The Morgan fingerprint density at radius 3 is 2.37 bits per heavy atom. The number of esters is 1. The van der Waals surface area contributed by atoms with Crippen molar-refractivity contribution in [3.8, 4) is 11.6 Å². The van der Waals surface area contributed by atoms with Crippen molar-refractivity contribution in [1.82, 2.24) is 9.78 Å².